The van der Waals surface area contributed by atoms with Crippen molar-refractivity contribution in [2.24, 2.45) is 0 Å². The van der Waals surface area contributed by atoms with Gasteiger partial charge in [0.15, 0.2) is 0 Å². The van der Waals surface area contributed by atoms with Gasteiger partial charge in [-0.2, -0.15) is 0 Å². The molecule has 104 valence electrons. The molecular weight excluding hydrogens is 262 g/mol. The first kappa shape index (κ1) is 14.2. The van der Waals surface area contributed by atoms with Crippen LogP contribution in [0.3, 0.4) is 0 Å². The van der Waals surface area contributed by atoms with Crippen LogP contribution in [0.2, 0.25) is 0 Å². The Hall–Kier alpha value is -1.19. The average molecular weight is 282 g/mol. The fraction of sp³-hybridized carbons (Fsp3) is 0.467. The lowest BCUT2D eigenvalue weighted by atomic mass is 10.1. The van der Waals surface area contributed by atoms with Crippen LogP contribution in [0.5, 0.6) is 11.5 Å². The van der Waals surface area contributed by atoms with Gasteiger partial charge < -0.3 is 14.8 Å². The zero-order chi connectivity index (χ0) is 13.7. The van der Waals surface area contributed by atoms with E-state index in [2.05, 4.69) is 18.3 Å². The van der Waals surface area contributed by atoms with Crippen molar-refractivity contribution >= 4 is 11.6 Å². The normalized spacial score (nSPS) is 18.1. The molecule has 2 rings (SSSR count). The summed E-state index contributed by atoms with van der Waals surface area (Å²) in [6.07, 6.45) is 1.12. The fourth-order valence-corrected chi connectivity index (χ4v) is 2.06. The number of nitrogens with one attached hydrogen (secondary N) is 1. The topological polar surface area (TPSA) is 30.5 Å². The van der Waals surface area contributed by atoms with Gasteiger partial charge in [-0.1, -0.05) is 18.5 Å². The molecule has 0 saturated carbocycles. The summed E-state index contributed by atoms with van der Waals surface area (Å²) in [7, 11) is 0. The summed E-state index contributed by atoms with van der Waals surface area (Å²) in [6, 6.07) is 6.30. The van der Waals surface area contributed by atoms with E-state index in [0.29, 0.717) is 19.3 Å². The molecular formula is C15H20ClNO2. The first-order valence-corrected chi connectivity index (χ1v) is 7.07. The third kappa shape index (κ3) is 3.64. The van der Waals surface area contributed by atoms with Gasteiger partial charge in [0.25, 0.3) is 0 Å². The van der Waals surface area contributed by atoms with Crippen LogP contribution in [0.1, 0.15) is 31.9 Å². The number of hydrogen-bond donors (Lipinski definition) is 1. The molecule has 3 nitrogen and oxygen atoms in total. The molecule has 0 aliphatic carbocycles. The Morgan fingerprint density at radius 3 is 3.16 bits per heavy atom. The van der Waals surface area contributed by atoms with Crippen LogP contribution in [0.4, 0.5) is 0 Å². The Balaban J connectivity index is 2.01. The minimum absolute atomic E-state index is 0.300. The molecule has 1 aliphatic rings. The van der Waals surface area contributed by atoms with Gasteiger partial charge in [-0.3, -0.25) is 0 Å². The van der Waals surface area contributed by atoms with Crippen molar-refractivity contribution in [3.8, 4) is 11.5 Å². The second-order valence-electron chi connectivity index (χ2n) is 4.76. The minimum atomic E-state index is 0.300. The van der Waals surface area contributed by atoms with Gasteiger partial charge in [0.05, 0.1) is 6.04 Å². The highest BCUT2D eigenvalue weighted by Gasteiger charge is 2.23. The monoisotopic (exact) mass is 281 g/mol. The molecule has 0 radical (unpaired) electrons. The molecule has 0 spiro atoms. The van der Waals surface area contributed by atoms with Crippen LogP contribution in [-0.4, -0.2) is 19.8 Å². The average Bonchev–Trinajstić information content (AvgIpc) is 2.84. The minimum Gasteiger partial charge on any atom is -0.491 e. The van der Waals surface area contributed by atoms with E-state index in [1.54, 1.807) is 0 Å². The fourth-order valence-electron chi connectivity index (χ4n) is 2.00. The zero-order valence-corrected chi connectivity index (χ0v) is 12.2. The second-order valence-corrected chi connectivity index (χ2v) is 4.98. The van der Waals surface area contributed by atoms with Crippen molar-refractivity contribution in [3.63, 3.8) is 0 Å². The predicted octanol–water partition coefficient (Wildman–Crippen LogP) is 3.64. The molecule has 1 heterocycles. The molecule has 0 aromatic heterocycles. The largest absolute Gasteiger partial charge is 0.491 e. The summed E-state index contributed by atoms with van der Waals surface area (Å²) in [6.45, 7) is 6.29. The molecule has 0 fully saturated rings. The maximum absolute atomic E-state index is 5.70. The first-order valence-electron chi connectivity index (χ1n) is 6.63. The number of ether oxygens (including phenoxy) is 2. The van der Waals surface area contributed by atoms with E-state index in [9.17, 15) is 0 Å². The Morgan fingerprint density at radius 1 is 1.58 bits per heavy atom. The molecule has 0 bridgehead atoms. The summed E-state index contributed by atoms with van der Waals surface area (Å²) in [5.41, 5.74) is 3.74. The molecule has 4 heteroatoms. The van der Waals surface area contributed by atoms with E-state index in [4.69, 9.17) is 21.1 Å². The van der Waals surface area contributed by atoms with Gasteiger partial charge in [0, 0.05) is 17.2 Å². The third-order valence-electron chi connectivity index (χ3n) is 3.06. The van der Waals surface area contributed by atoms with Gasteiger partial charge in [0.1, 0.15) is 24.7 Å². The van der Waals surface area contributed by atoms with E-state index in [0.717, 1.165) is 30.0 Å². The summed E-state index contributed by atoms with van der Waals surface area (Å²) < 4.78 is 11.3. The predicted molar refractivity (Wildman–Crippen MR) is 78.1 cm³/mol. The van der Waals surface area contributed by atoms with Crippen LogP contribution in [0.25, 0.3) is 0 Å². The van der Waals surface area contributed by atoms with Gasteiger partial charge in [-0.05, 0) is 37.6 Å². The highest BCUT2D eigenvalue weighted by Crippen LogP contribution is 2.35. The second kappa shape index (κ2) is 6.83. The van der Waals surface area contributed by atoms with Gasteiger partial charge in [-0.25, -0.2) is 0 Å². The SMILES string of the molecule is CCCNC1COc2cc(OC/C(C)=C/Cl)ccc21. The Bertz CT molecular complexity index is 459. The van der Waals surface area contributed by atoms with E-state index < -0.39 is 0 Å². The lowest BCUT2D eigenvalue weighted by molar-refractivity contribution is 0.308. The van der Waals surface area contributed by atoms with E-state index in [1.807, 2.05) is 19.1 Å². The maximum Gasteiger partial charge on any atom is 0.128 e. The molecule has 1 atom stereocenters. The Morgan fingerprint density at radius 2 is 2.42 bits per heavy atom. The van der Waals surface area contributed by atoms with Crippen molar-refractivity contribution in [1.82, 2.24) is 5.32 Å². The molecule has 0 saturated heterocycles. The van der Waals surface area contributed by atoms with Crippen molar-refractivity contribution in [2.45, 2.75) is 26.3 Å². The number of halogens is 1. The highest BCUT2D eigenvalue weighted by atomic mass is 35.5. The number of hydrogen-bond acceptors (Lipinski definition) is 3. The van der Waals surface area contributed by atoms with Gasteiger partial charge >= 0.3 is 0 Å². The van der Waals surface area contributed by atoms with Crippen LogP contribution in [0, 0.1) is 0 Å². The summed E-state index contributed by atoms with van der Waals surface area (Å²) >= 11 is 5.60. The van der Waals surface area contributed by atoms with E-state index in [-0.39, 0.29) is 0 Å². The zero-order valence-electron chi connectivity index (χ0n) is 11.4. The van der Waals surface area contributed by atoms with Crippen molar-refractivity contribution in [3.05, 3.63) is 34.9 Å². The van der Waals surface area contributed by atoms with Crippen LogP contribution in [0.15, 0.2) is 29.3 Å². The molecule has 1 unspecified atom stereocenters. The molecule has 1 N–H and O–H groups in total. The van der Waals surface area contributed by atoms with Crippen LogP contribution < -0.4 is 14.8 Å². The quantitative estimate of drug-likeness (QED) is 0.863. The lowest BCUT2D eigenvalue weighted by Gasteiger charge is -2.11. The summed E-state index contributed by atoms with van der Waals surface area (Å²) in [5.74, 6) is 1.73. The van der Waals surface area contributed by atoms with E-state index in [1.165, 1.54) is 11.1 Å². The van der Waals surface area contributed by atoms with Crippen LogP contribution >= 0.6 is 11.6 Å². The first-order chi connectivity index (χ1) is 9.24. The van der Waals surface area contributed by atoms with Crippen LogP contribution in [-0.2, 0) is 0 Å². The van der Waals surface area contributed by atoms with Crippen molar-refractivity contribution < 1.29 is 9.47 Å². The Kier molecular flexibility index (Phi) is 5.11. The number of benzene rings is 1. The van der Waals surface area contributed by atoms with Crippen molar-refractivity contribution in [1.29, 1.82) is 0 Å². The standard InChI is InChI=1S/C15H20ClNO2/c1-3-6-17-14-10-19-15-7-12(4-5-13(14)15)18-9-11(2)8-16/h4-5,7-8,14,17H,3,6,9-10H2,1-2H3/b11-8+. The van der Waals surface area contributed by atoms with Gasteiger partial charge in [-0.15, -0.1) is 0 Å². The molecule has 1 aromatic rings. The lowest BCUT2D eigenvalue weighted by Crippen LogP contribution is -2.22. The molecule has 1 aromatic carbocycles. The number of fused-ring (bicyclic) bond motifs is 1. The molecule has 0 amide bonds. The third-order valence-corrected chi connectivity index (χ3v) is 3.43. The maximum atomic E-state index is 5.70. The number of rotatable bonds is 6. The molecule has 1 aliphatic heterocycles. The highest BCUT2D eigenvalue weighted by molar-refractivity contribution is 6.25. The van der Waals surface area contributed by atoms with Gasteiger partial charge in [0.2, 0.25) is 0 Å². The smallest absolute Gasteiger partial charge is 0.128 e. The molecule has 19 heavy (non-hydrogen) atoms. The summed E-state index contributed by atoms with van der Waals surface area (Å²) in [5, 5.41) is 3.47. The van der Waals surface area contributed by atoms with E-state index >= 15 is 0 Å². The Labute approximate surface area is 119 Å². The summed E-state index contributed by atoms with van der Waals surface area (Å²) in [4.78, 5) is 0. The van der Waals surface area contributed by atoms with Crippen molar-refractivity contribution in [2.75, 3.05) is 19.8 Å².